The summed E-state index contributed by atoms with van der Waals surface area (Å²) in [6.07, 6.45) is 1.62. The maximum atomic E-state index is 12.7. The predicted octanol–water partition coefficient (Wildman–Crippen LogP) is 5.17. The molecule has 1 fully saturated rings. The molecular weight excluding hydrogens is 426 g/mol. The highest BCUT2D eigenvalue weighted by atomic mass is 35.5. The predicted molar refractivity (Wildman–Crippen MR) is 119 cm³/mol. The van der Waals surface area contributed by atoms with E-state index in [2.05, 4.69) is 0 Å². The number of amides is 2. The third kappa shape index (κ3) is 5.09. The quantitative estimate of drug-likeness (QED) is 0.520. The first-order valence-electron chi connectivity index (χ1n) is 9.38. The summed E-state index contributed by atoms with van der Waals surface area (Å²) < 4.78 is 16.5. The lowest BCUT2D eigenvalue weighted by Crippen LogP contribution is -2.32. The smallest absolute Gasteiger partial charge is 0.293 e. The van der Waals surface area contributed by atoms with Gasteiger partial charge in [-0.05, 0) is 61.5 Å². The molecule has 158 valence electrons. The Morgan fingerprint density at radius 1 is 1.13 bits per heavy atom. The van der Waals surface area contributed by atoms with E-state index in [1.807, 2.05) is 38.1 Å². The topological polar surface area (TPSA) is 65.1 Å². The molecule has 0 spiro atoms. The van der Waals surface area contributed by atoms with Crippen molar-refractivity contribution in [3.63, 3.8) is 0 Å². The van der Waals surface area contributed by atoms with Gasteiger partial charge in [-0.15, -0.1) is 0 Å². The Balaban J connectivity index is 1.70. The lowest BCUT2D eigenvalue weighted by Gasteiger charge is -2.13. The van der Waals surface area contributed by atoms with Crippen LogP contribution in [-0.2, 0) is 4.79 Å². The summed E-state index contributed by atoms with van der Waals surface area (Å²) in [5.74, 6) is 1.24. The number of nitrogens with zero attached hydrogens (tertiary/aromatic N) is 1. The number of ether oxygens (including phenoxy) is 3. The van der Waals surface area contributed by atoms with Gasteiger partial charge in [0.05, 0.1) is 30.2 Å². The van der Waals surface area contributed by atoms with Crippen molar-refractivity contribution in [1.29, 1.82) is 0 Å². The van der Waals surface area contributed by atoms with Gasteiger partial charge in [0.15, 0.2) is 11.5 Å². The van der Waals surface area contributed by atoms with Crippen molar-refractivity contribution in [3.05, 3.63) is 57.5 Å². The van der Waals surface area contributed by atoms with Crippen molar-refractivity contribution < 1.29 is 23.8 Å². The highest BCUT2D eigenvalue weighted by molar-refractivity contribution is 8.18. The van der Waals surface area contributed by atoms with Crippen LogP contribution in [0.5, 0.6) is 17.2 Å². The number of rotatable bonds is 8. The molecule has 0 saturated carbocycles. The van der Waals surface area contributed by atoms with Crippen molar-refractivity contribution in [3.8, 4) is 17.2 Å². The molecule has 1 saturated heterocycles. The van der Waals surface area contributed by atoms with Gasteiger partial charge in [0, 0.05) is 0 Å². The van der Waals surface area contributed by atoms with E-state index >= 15 is 0 Å². The zero-order valence-electron chi connectivity index (χ0n) is 16.9. The van der Waals surface area contributed by atoms with Crippen molar-refractivity contribution >= 4 is 40.6 Å². The summed E-state index contributed by atoms with van der Waals surface area (Å²) in [6, 6.07) is 11.0. The van der Waals surface area contributed by atoms with Gasteiger partial charge < -0.3 is 14.2 Å². The minimum atomic E-state index is -0.360. The highest BCUT2D eigenvalue weighted by Crippen LogP contribution is 2.38. The summed E-state index contributed by atoms with van der Waals surface area (Å²) in [7, 11) is 1.51. The van der Waals surface area contributed by atoms with Crippen LogP contribution >= 0.6 is 23.4 Å². The van der Waals surface area contributed by atoms with Gasteiger partial charge in [0.1, 0.15) is 12.4 Å². The Bertz CT molecular complexity index is 974. The van der Waals surface area contributed by atoms with Gasteiger partial charge in [-0.25, -0.2) is 0 Å². The molecule has 0 N–H and O–H groups in total. The number of hydrogen-bond donors (Lipinski definition) is 0. The molecule has 3 rings (SSSR count). The maximum Gasteiger partial charge on any atom is 0.293 e. The van der Waals surface area contributed by atoms with Crippen LogP contribution in [-0.4, -0.2) is 42.9 Å². The lowest BCUT2D eigenvalue weighted by molar-refractivity contribution is -0.123. The van der Waals surface area contributed by atoms with Gasteiger partial charge in [-0.2, -0.15) is 0 Å². The molecule has 0 radical (unpaired) electrons. The molecule has 0 bridgehead atoms. The number of thioether (sulfide) groups is 1. The number of carbonyl (C=O) groups is 2. The van der Waals surface area contributed by atoms with E-state index in [-0.39, 0.29) is 24.3 Å². The summed E-state index contributed by atoms with van der Waals surface area (Å²) >= 11 is 7.17. The van der Waals surface area contributed by atoms with Crippen LogP contribution in [0.1, 0.15) is 18.1 Å². The monoisotopic (exact) mass is 447 g/mol. The first-order valence-corrected chi connectivity index (χ1v) is 10.6. The van der Waals surface area contributed by atoms with E-state index in [9.17, 15) is 9.59 Å². The first kappa shape index (κ1) is 22.1. The van der Waals surface area contributed by atoms with Crippen LogP contribution in [0.2, 0.25) is 5.02 Å². The zero-order valence-corrected chi connectivity index (χ0v) is 18.5. The first-order chi connectivity index (χ1) is 14.4. The average molecular weight is 448 g/mol. The minimum absolute atomic E-state index is 0.170. The van der Waals surface area contributed by atoms with Gasteiger partial charge in [0.25, 0.3) is 11.1 Å². The van der Waals surface area contributed by atoms with Gasteiger partial charge in [-0.3, -0.25) is 14.5 Å². The molecule has 0 atom stereocenters. The van der Waals surface area contributed by atoms with Gasteiger partial charge in [0.2, 0.25) is 0 Å². The fourth-order valence-corrected chi connectivity index (χ4v) is 3.98. The molecule has 2 aromatic carbocycles. The summed E-state index contributed by atoms with van der Waals surface area (Å²) in [5, 5.41) is 0.0379. The standard InChI is InChI=1S/C22H22ClNO5S/c1-4-28-20-17(23)11-15(12-18(20)27-3)13-19-21(25)24(22(26)30-19)9-10-29-16-7-5-14(2)6-8-16/h5-8,11-13H,4,9-10H2,1-3H3/b19-13-. The Labute approximate surface area is 184 Å². The van der Waals surface area contributed by atoms with Crippen LogP contribution in [0.25, 0.3) is 6.08 Å². The molecule has 6 nitrogen and oxygen atoms in total. The molecule has 0 aromatic heterocycles. The number of hydrogen-bond acceptors (Lipinski definition) is 6. The third-order valence-electron chi connectivity index (χ3n) is 4.32. The van der Waals surface area contributed by atoms with E-state index in [1.165, 1.54) is 12.0 Å². The molecule has 2 aromatic rings. The fraction of sp³-hybridized carbons (Fsp3) is 0.273. The third-order valence-corrected chi connectivity index (χ3v) is 5.50. The summed E-state index contributed by atoms with van der Waals surface area (Å²) in [4.78, 5) is 26.5. The summed E-state index contributed by atoms with van der Waals surface area (Å²) in [5.41, 5.74) is 1.77. The molecule has 2 amide bonds. The molecule has 0 unspecified atom stereocenters. The van der Waals surface area contributed by atoms with Crippen molar-refractivity contribution in [2.45, 2.75) is 13.8 Å². The SMILES string of the molecule is CCOc1c(Cl)cc(/C=C2\SC(=O)N(CCOc3ccc(C)cc3)C2=O)cc1OC. The van der Waals surface area contributed by atoms with Crippen molar-refractivity contribution in [1.82, 2.24) is 4.90 Å². The van der Waals surface area contributed by atoms with Crippen LogP contribution in [0, 0.1) is 6.92 Å². The largest absolute Gasteiger partial charge is 0.493 e. The van der Waals surface area contributed by atoms with E-state index < -0.39 is 0 Å². The van der Waals surface area contributed by atoms with Crippen molar-refractivity contribution in [2.75, 3.05) is 26.9 Å². The van der Waals surface area contributed by atoms with E-state index in [0.717, 1.165) is 17.3 Å². The lowest BCUT2D eigenvalue weighted by atomic mass is 10.1. The Hall–Kier alpha value is -2.64. The number of aryl methyl sites for hydroxylation is 1. The Kier molecular flexibility index (Phi) is 7.29. The van der Waals surface area contributed by atoms with Crippen LogP contribution in [0.15, 0.2) is 41.3 Å². The minimum Gasteiger partial charge on any atom is -0.493 e. The van der Waals surface area contributed by atoms with E-state index in [0.29, 0.717) is 39.3 Å². The van der Waals surface area contributed by atoms with Gasteiger partial charge in [-0.1, -0.05) is 29.3 Å². The normalized spacial score (nSPS) is 15.1. The number of halogens is 1. The molecule has 0 aliphatic carbocycles. The van der Waals surface area contributed by atoms with Gasteiger partial charge >= 0.3 is 0 Å². The molecular formula is C22H22ClNO5S. The second kappa shape index (κ2) is 9.91. The molecule has 30 heavy (non-hydrogen) atoms. The van der Waals surface area contributed by atoms with Crippen LogP contribution in [0.4, 0.5) is 4.79 Å². The molecule has 8 heteroatoms. The zero-order chi connectivity index (χ0) is 21.7. The van der Waals surface area contributed by atoms with Crippen LogP contribution < -0.4 is 14.2 Å². The molecule has 1 aliphatic heterocycles. The molecule has 1 heterocycles. The summed E-state index contributed by atoms with van der Waals surface area (Å²) in [6.45, 7) is 4.67. The molecule has 1 aliphatic rings. The Morgan fingerprint density at radius 3 is 2.53 bits per heavy atom. The highest BCUT2D eigenvalue weighted by Gasteiger charge is 2.34. The fourth-order valence-electron chi connectivity index (χ4n) is 2.84. The number of imide groups is 1. The Morgan fingerprint density at radius 2 is 1.87 bits per heavy atom. The number of benzene rings is 2. The average Bonchev–Trinajstić information content (AvgIpc) is 2.98. The number of methoxy groups -OCH3 is 1. The van der Waals surface area contributed by atoms with E-state index in [1.54, 1.807) is 18.2 Å². The second-order valence-electron chi connectivity index (χ2n) is 6.46. The second-order valence-corrected chi connectivity index (χ2v) is 7.86. The van der Waals surface area contributed by atoms with Crippen LogP contribution in [0.3, 0.4) is 0 Å². The van der Waals surface area contributed by atoms with E-state index in [4.69, 9.17) is 25.8 Å². The number of carbonyl (C=O) groups excluding carboxylic acids is 2. The maximum absolute atomic E-state index is 12.7. The van der Waals surface area contributed by atoms with Crippen molar-refractivity contribution in [2.24, 2.45) is 0 Å².